The number of pyridine rings is 2. The number of fused-ring (bicyclic) bond motifs is 2. The molecule has 0 unspecified atom stereocenters. The van der Waals surface area contributed by atoms with Gasteiger partial charge in [-0.05, 0) is 46.9 Å². The zero-order valence-corrected chi connectivity index (χ0v) is 20.2. The van der Waals surface area contributed by atoms with Crippen molar-refractivity contribution in [2.24, 2.45) is 7.05 Å². The van der Waals surface area contributed by atoms with E-state index in [2.05, 4.69) is 80.6 Å². The first-order chi connectivity index (χ1) is 14.4. The number of hydrogen-bond donors (Lipinski definition) is 0. The van der Waals surface area contributed by atoms with E-state index in [9.17, 15) is 0 Å². The van der Waals surface area contributed by atoms with Crippen LogP contribution in [0.15, 0.2) is 30.9 Å². The fourth-order valence-electron chi connectivity index (χ4n) is 3.78. The molecule has 0 atom stereocenters. The van der Waals surface area contributed by atoms with Crippen LogP contribution in [-0.4, -0.2) is 38.7 Å². The quantitative estimate of drug-likeness (QED) is 0.511. The van der Waals surface area contributed by atoms with E-state index < -0.39 is 0 Å². The first kappa shape index (κ1) is 21.6. The highest BCUT2D eigenvalue weighted by Gasteiger charge is 2.50. The van der Waals surface area contributed by atoms with Crippen molar-refractivity contribution in [3.05, 3.63) is 42.0 Å². The third-order valence-electron chi connectivity index (χ3n) is 6.17. The van der Waals surface area contributed by atoms with E-state index in [1.165, 1.54) is 24.0 Å². The molecule has 31 heavy (non-hydrogen) atoms. The molecular formula is C25H35N5O. The second-order valence-electron chi connectivity index (χ2n) is 11.1. The maximum Gasteiger partial charge on any atom is 0.238 e. The van der Waals surface area contributed by atoms with Crippen LogP contribution < -0.4 is 9.64 Å². The van der Waals surface area contributed by atoms with Gasteiger partial charge < -0.3 is 14.2 Å². The highest BCUT2D eigenvalue weighted by atomic mass is 16.5. The van der Waals surface area contributed by atoms with Crippen molar-refractivity contribution in [1.82, 2.24) is 19.5 Å². The van der Waals surface area contributed by atoms with Crippen molar-refractivity contribution in [3.63, 3.8) is 0 Å². The summed E-state index contributed by atoms with van der Waals surface area (Å²) in [7, 11) is 4.09. The number of anilines is 1. The largest absolute Gasteiger partial charge is 0.468 e. The SMILES string of the molecule is CN1CC2(CC2)Oc2ncc(C(C)(C)C)cc21.Cn1cnc2cc(C(C)(C)C)cnc21. The monoisotopic (exact) mass is 421 g/mol. The lowest BCUT2D eigenvalue weighted by Crippen LogP contribution is -2.40. The standard InChI is InChI=1S/C14H20N2O.C11H15N3/c1-13(2,3)10-7-11-12(15-8-10)17-14(5-6-14)9-16(11)4;1-11(2,3)8-5-9-10(12-6-8)14(4)7-13-9/h7-8H,5-6,9H2,1-4H3;5-7H,1-4H3. The summed E-state index contributed by atoms with van der Waals surface area (Å²) in [6.45, 7) is 14.2. The second kappa shape index (κ2) is 7.21. The highest BCUT2D eigenvalue weighted by molar-refractivity contribution is 5.71. The molecule has 2 aliphatic rings. The molecule has 166 valence electrons. The molecule has 4 heterocycles. The van der Waals surface area contributed by atoms with Crippen LogP contribution in [0.3, 0.4) is 0 Å². The Bertz CT molecular complexity index is 1100. The zero-order chi connectivity index (χ0) is 22.6. The number of rotatable bonds is 0. The molecule has 0 amide bonds. The molecule has 6 nitrogen and oxygen atoms in total. The van der Waals surface area contributed by atoms with Crippen molar-refractivity contribution < 1.29 is 4.74 Å². The Morgan fingerprint density at radius 2 is 1.48 bits per heavy atom. The van der Waals surface area contributed by atoms with Gasteiger partial charge in [0.15, 0.2) is 5.65 Å². The van der Waals surface area contributed by atoms with Gasteiger partial charge in [0.25, 0.3) is 0 Å². The predicted octanol–water partition coefficient (Wildman–Crippen LogP) is 5.01. The van der Waals surface area contributed by atoms with Crippen molar-refractivity contribution in [2.75, 3.05) is 18.5 Å². The molecular weight excluding hydrogens is 386 g/mol. The average molecular weight is 422 g/mol. The molecule has 3 aromatic heterocycles. The number of likely N-dealkylation sites (N-methyl/N-ethyl adjacent to an activating group) is 1. The van der Waals surface area contributed by atoms with Crippen LogP contribution in [0.5, 0.6) is 5.88 Å². The summed E-state index contributed by atoms with van der Waals surface area (Å²) in [6, 6.07) is 4.33. The third kappa shape index (κ3) is 4.39. The third-order valence-corrected chi connectivity index (χ3v) is 6.17. The molecule has 1 spiro atoms. The Hall–Kier alpha value is -2.63. The van der Waals surface area contributed by atoms with Gasteiger partial charge in [0.1, 0.15) is 16.8 Å². The Labute approximate surface area is 185 Å². The van der Waals surface area contributed by atoms with Crippen molar-refractivity contribution in [2.45, 2.75) is 70.8 Å². The van der Waals surface area contributed by atoms with Gasteiger partial charge in [-0.1, -0.05) is 41.5 Å². The normalized spacial score (nSPS) is 17.1. The minimum atomic E-state index is 0.0813. The van der Waals surface area contributed by atoms with Crippen molar-refractivity contribution in [1.29, 1.82) is 0 Å². The van der Waals surface area contributed by atoms with Crippen LogP contribution in [-0.2, 0) is 17.9 Å². The number of aryl methyl sites for hydroxylation is 1. The van der Waals surface area contributed by atoms with E-state index in [1.54, 1.807) is 6.33 Å². The molecule has 5 rings (SSSR count). The summed E-state index contributed by atoms with van der Waals surface area (Å²) < 4.78 is 7.95. The maximum absolute atomic E-state index is 6.02. The van der Waals surface area contributed by atoms with E-state index >= 15 is 0 Å². The summed E-state index contributed by atoms with van der Waals surface area (Å²) in [5.74, 6) is 0.809. The molecule has 0 N–H and O–H groups in total. The fourth-order valence-corrected chi connectivity index (χ4v) is 3.78. The first-order valence-electron chi connectivity index (χ1n) is 11.1. The van der Waals surface area contributed by atoms with Gasteiger partial charge in [0.05, 0.1) is 12.9 Å². The van der Waals surface area contributed by atoms with Gasteiger partial charge in [0.2, 0.25) is 5.88 Å². The highest BCUT2D eigenvalue weighted by Crippen LogP contribution is 2.47. The smallest absolute Gasteiger partial charge is 0.238 e. The van der Waals surface area contributed by atoms with Crippen LogP contribution >= 0.6 is 0 Å². The van der Waals surface area contributed by atoms with Gasteiger partial charge in [-0.25, -0.2) is 15.0 Å². The topological polar surface area (TPSA) is 56.1 Å². The molecule has 1 fully saturated rings. The molecule has 3 aromatic rings. The minimum absolute atomic E-state index is 0.0813. The van der Waals surface area contributed by atoms with Gasteiger partial charge >= 0.3 is 0 Å². The van der Waals surface area contributed by atoms with Gasteiger partial charge in [-0.3, -0.25) is 0 Å². The molecule has 1 aliphatic carbocycles. The fraction of sp³-hybridized carbons (Fsp3) is 0.560. The number of imidazole rings is 1. The summed E-state index contributed by atoms with van der Waals surface area (Å²) in [4.78, 5) is 15.5. The summed E-state index contributed by atoms with van der Waals surface area (Å²) in [5.41, 5.74) is 5.89. The number of aromatic nitrogens is 4. The van der Waals surface area contributed by atoms with Crippen molar-refractivity contribution >= 4 is 16.9 Å². The van der Waals surface area contributed by atoms with Crippen molar-refractivity contribution in [3.8, 4) is 5.88 Å². The van der Waals surface area contributed by atoms with E-state index in [0.717, 1.165) is 29.3 Å². The van der Waals surface area contributed by atoms with Crippen LogP contribution in [0.25, 0.3) is 11.2 Å². The zero-order valence-electron chi connectivity index (χ0n) is 20.2. The number of ether oxygens (including phenoxy) is 1. The molecule has 0 aromatic carbocycles. The molecule has 1 aliphatic heterocycles. The molecule has 0 bridgehead atoms. The Balaban J connectivity index is 0.000000152. The van der Waals surface area contributed by atoms with Crippen LogP contribution in [0.4, 0.5) is 5.69 Å². The van der Waals surface area contributed by atoms with Gasteiger partial charge in [0, 0.05) is 26.5 Å². The van der Waals surface area contributed by atoms with Crippen LogP contribution in [0, 0.1) is 0 Å². The van der Waals surface area contributed by atoms with E-state index in [0.29, 0.717) is 0 Å². The number of nitrogens with zero attached hydrogens (tertiary/aromatic N) is 5. The average Bonchev–Trinajstić information content (AvgIpc) is 3.31. The molecule has 1 saturated carbocycles. The van der Waals surface area contributed by atoms with E-state index in [-0.39, 0.29) is 16.4 Å². The summed E-state index contributed by atoms with van der Waals surface area (Å²) >= 11 is 0. The van der Waals surface area contributed by atoms with Gasteiger partial charge in [-0.15, -0.1) is 0 Å². The second-order valence-corrected chi connectivity index (χ2v) is 11.1. The van der Waals surface area contributed by atoms with E-state index in [1.807, 2.05) is 24.0 Å². The van der Waals surface area contributed by atoms with E-state index in [4.69, 9.17) is 4.74 Å². The minimum Gasteiger partial charge on any atom is -0.468 e. The Morgan fingerprint density at radius 1 is 0.871 bits per heavy atom. The predicted molar refractivity (Wildman–Crippen MR) is 126 cm³/mol. The summed E-state index contributed by atoms with van der Waals surface area (Å²) in [6.07, 6.45) is 8.02. The molecule has 0 radical (unpaired) electrons. The maximum atomic E-state index is 6.02. The number of hydrogen-bond acceptors (Lipinski definition) is 5. The lowest BCUT2D eigenvalue weighted by atomic mass is 9.88. The lowest BCUT2D eigenvalue weighted by Gasteiger charge is -2.34. The lowest BCUT2D eigenvalue weighted by molar-refractivity contribution is 0.165. The Kier molecular flexibility index (Phi) is 5.02. The molecule has 6 heteroatoms. The summed E-state index contributed by atoms with van der Waals surface area (Å²) in [5, 5.41) is 0. The van der Waals surface area contributed by atoms with Crippen LogP contribution in [0.1, 0.15) is 65.5 Å². The Morgan fingerprint density at radius 3 is 2.10 bits per heavy atom. The first-order valence-corrected chi connectivity index (χ1v) is 11.1. The van der Waals surface area contributed by atoms with Gasteiger partial charge in [-0.2, -0.15) is 0 Å². The molecule has 0 saturated heterocycles. The van der Waals surface area contributed by atoms with Crippen LogP contribution in [0.2, 0.25) is 0 Å².